The Labute approximate surface area is 114 Å². The predicted molar refractivity (Wildman–Crippen MR) is 36.7 cm³/mol. The average molecular weight is 222 g/mol. The summed E-state index contributed by atoms with van der Waals surface area (Å²) in [5.74, 6) is 0. The van der Waals surface area contributed by atoms with Gasteiger partial charge in [0.2, 0.25) is 0 Å². The molecule has 0 saturated carbocycles. The fraction of sp³-hybridized carbons (Fsp3) is 0.143. The van der Waals surface area contributed by atoms with Crippen molar-refractivity contribution in [1.29, 1.82) is 0 Å². The summed E-state index contributed by atoms with van der Waals surface area (Å²) in [6.07, 6.45) is 0. The molecule has 3 nitrogen and oxygen atoms in total. The first-order valence-electron chi connectivity index (χ1n) is 2.83. The van der Waals surface area contributed by atoms with E-state index in [1.165, 1.54) is 12.1 Å². The second-order valence-corrected chi connectivity index (χ2v) is 1.99. The number of hydrogen-bond acceptors (Lipinski definition) is 2. The van der Waals surface area contributed by atoms with Gasteiger partial charge in [-0.15, -0.1) is 6.07 Å². The summed E-state index contributed by atoms with van der Waals surface area (Å²) in [6, 6.07) is 7.24. The van der Waals surface area contributed by atoms with Gasteiger partial charge < -0.3 is 0 Å². The quantitative estimate of drug-likeness (QED) is 0.336. The van der Waals surface area contributed by atoms with Crippen LogP contribution < -0.4 is 58.2 Å². The second kappa shape index (κ2) is 5.14. The average Bonchev–Trinajstić information content (AvgIpc) is 1.88. The van der Waals surface area contributed by atoms with Gasteiger partial charge in [-0.3, -0.25) is 10.1 Å². The van der Waals surface area contributed by atoms with Crippen LogP contribution in [0.5, 0.6) is 0 Å². The molecule has 1 aromatic rings. The zero-order valence-corrected chi connectivity index (χ0v) is 11.4. The molecule has 11 heavy (non-hydrogen) atoms. The third-order valence-electron chi connectivity index (χ3n) is 1.16. The van der Waals surface area contributed by atoms with Crippen molar-refractivity contribution in [3.05, 3.63) is 39.9 Å². The minimum atomic E-state index is -0.435. The van der Waals surface area contributed by atoms with E-state index in [1.807, 2.05) is 6.92 Å². The number of aryl methyl sites for hydroxylation is 1. The van der Waals surface area contributed by atoms with Crippen molar-refractivity contribution in [3.8, 4) is 0 Å². The summed E-state index contributed by atoms with van der Waals surface area (Å²) in [5, 5.41) is 10.1. The van der Waals surface area contributed by atoms with E-state index in [1.54, 1.807) is 6.07 Å². The number of nitrogens with zero attached hydrogens (tertiary/aromatic N) is 1. The van der Waals surface area contributed by atoms with E-state index in [0.717, 1.165) is 5.56 Å². The van der Waals surface area contributed by atoms with Crippen molar-refractivity contribution in [2.45, 2.75) is 6.92 Å². The molecule has 0 aromatic heterocycles. The predicted octanol–water partition coefficient (Wildman–Crippen LogP) is -1.29. The molecular weight excluding hydrogens is 216 g/mol. The second-order valence-electron chi connectivity index (χ2n) is 1.99. The Hall–Kier alpha value is 0.425. The Bertz CT molecular complexity index is 245. The SMILES string of the molecule is Cc1[c-]cc([N+](=O)[O-])cc1.[Rb+]. The van der Waals surface area contributed by atoms with Gasteiger partial charge in [-0.05, 0) is 0 Å². The van der Waals surface area contributed by atoms with Gasteiger partial charge in [0.1, 0.15) is 0 Å². The Kier molecular flexibility index (Phi) is 5.34. The third-order valence-corrected chi connectivity index (χ3v) is 1.16. The maximum absolute atomic E-state index is 10.1. The molecule has 4 heteroatoms. The molecular formula is C7H6NO2Rb. The first kappa shape index (κ1) is 11.4. The van der Waals surface area contributed by atoms with Crippen LogP contribution in [0.4, 0.5) is 5.69 Å². The van der Waals surface area contributed by atoms with Crippen molar-refractivity contribution >= 4 is 5.69 Å². The van der Waals surface area contributed by atoms with Gasteiger partial charge in [0.05, 0.1) is 0 Å². The summed E-state index contributed by atoms with van der Waals surface area (Å²) in [4.78, 5) is 9.66. The van der Waals surface area contributed by atoms with Gasteiger partial charge in [-0.2, -0.15) is 17.7 Å². The number of non-ortho nitro benzene ring substituents is 1. The van der Waals surface area contributed by atoms with Crippen LogP contribution in [-0.2, 0) is 0 Å². The zero-order chi connectivity index (χ0) is 7.56. The van der Waals surface area contributed by atoms with Crippen LogP contribution in [0.25, 0.3) is 0 Å². The smallest absolute Gasteiger partial charge is 0.270 e. The number of benzene rings is 1. The summed E-state index contributed by atoms with van der Waals surface area (Å²) >= 11 is 0. The number of rotatable bonds is 1. The number of nitro benzene ring substituents is 1. The largest absolute Gasteiger partial charge is 1.00 e. The van der Waals surface area contributed by atoms with E-state index < -0.39 is 4.92 Å². The molecule has 0 heterocycles. The van der Waals surface area contributed by atoms with Crippen LogP contribution in [-0.4, -0.2) is 4.92 Å². The van der Waals surface area contributed by atoms with E-state index in [0.29, 0.717) is 0 Å². The maximum Gasteiger partial charge on any atom is 1.00 e. The summed E-state index contributed by atoms with van der Waals surface area (Å²) in [7, 11) is 0. The van der Waals surface area contributed by atoms with Crippen LogP contribution >= 0.6 is 0 Å². The van der Waals surface area contributed by atoms with E-state index in [9.17, 15) is 10.1 Å². The molecule has 1 rings (SSSR count). The van der Waals surface area contributed by atoms with Gasteiger partial charge >= 0.3 is 58.2 Å². The van der Waals surface area contributed by atoms with E-state index in [2.05, 4.69) is 6.07 Å². The van der Waals surface area contributed by atoms with Gasteiger partial charge in [0.25, 0.3) is 0 Å². The molecule has 0 atom stereocenters. The maximum atomic E-state index is 10.1. The third kappa shape index (κ3) is 3.56. The van der Waals surface area contributed by atoms with Crippen molar-refractivity contribution in [3.63, 3.8) is 0 Å². The Morgan fingerprint density at radius 2 is 2.18 bits per heavy atom. The molecule has 0 N–H and O–H groups in total. The van der Waals surface area contributed by atoms with Crippen molar-refractivity contribution in [1.82, 2.24) is 0 Å². The fourth-order valence-electron chi connectivity index (χ4n) is 0.608. The molecule has 0 fully saturated rings. The standard InChI is InChI=1S/C7H6NO2.Rb/c1-6-2-4-7(5-3-6)8(9)10;/h2,4-5H,1H3;/q-1;+1. The molecule has 0 unspecified atom stereocenters. The van der Waals surface area contributed by atoms with Crippen LogP contribution in [0.3, 0.4) is 0 Å². The summed E-state index contributed by atoms with van der Waals surface area (Å²) in [6.45, 7) is 1.84. The molecule has 0 radical (unpaired) electrons. The van der Waals surface area contributed by atoms with Crippen molar-refractivity contribution in [2.24, 2.45) is 0 Å². The minimum Gasteiger partial charge on any atom is -0.270 e. The Morgan fingerprint density at radius 3 is 2.55 bits per heavy atom. The van der Waals surface area contributed by atoms with E-state index in [4.69, 9.17) is 0 Å². The summed E-state index contributed by atoms with van der Waals surface area (Å²) < 4.78 is 0. The molecule has 52 valence electrons. The Balaban J connectivity index is 0.000001000. The van der Waals surface area contributed by atoms with E-state index in [-0.39, 0.29) is 63.9 Å². The van der Waals surface area contributed by atoms with Gasteiger partial charge in [-0.25, -0.2) is 0 Å². The molecule has 0 amide bonds. The molecule has 0 spiro atoms. The molecule has 0 bridgehead atoms. The first-order chi connectivity index (χ1) is 4.70. The van der Waals surface area contributed by atoms with Crippen LogP contribution in [0.1, 0.15) is 5.56 Å². The molecule has 1 aromatic carbocycles. The van der Waals surface area contributed by atoms with Crippen molar-refractivity contribution in [2.75, 3.05) is 0 Å². The minimum absolute atomic E-state index is 0. The molecule has 0 aliphatic rings. The molecule has 0 aliphatic heterocycles. The number of hydrogen-bond donors (Lipinski definition) is 0. The van der Waals surface area contributed by atoms with Gasteiger partial charge in [-0.1, -0.05) is 13.0 Å². The molecule has 0 saturated heterocycles. The van der Waals surface area contributed by atoms with Gasteiger partial charge in [0, 0.05) is 4.92 Å². The van der Waals surface area contributed by atoms with Crippen LogP contribution in [0, 0.1) is 23.1 Å². The molecule has 0 aliphatic carbocycles. The van der Waals surface area contributed by atoms with E-state index >= 15 is 0 Å². The van der Waals surface area contributed by atoms with Crippen molar-refractivity contribution < 1.29 is 63.1 Å². The summed E-state index contributed by atoms with van der Waals surface area (Å²) in [5.41, 5.74) is 0.996. The zero-order valence-electron chi connectivity index (χ0n) is 6.50. The Morgan fingerprint density at radius 1 is 1.55 bits per heavy atom. The normalized spacial score (nSPS) is 8.45. The van der Waals surface area contributed by atoms with Crippen LogP contribution in [0.2, 0.25) is 0 Å². The number of nitro groups is 1. The first-order valence-corrected chi connectivity index (χ1v) is 2.83. The topological polar surface area (TPSA) is 43.1 Å². The fourth-order valence-corrected chi connectivity index (χ4v) is 0.608. The van der Waals surface area contributed by atoms with Gasteiger partial charge in [0.15, 0.2) is 5.69 Å². The monoisotopic (exact) mass is 221 g/mol. The van der Waals surface area contributed by atoms with Crippen LogP contribution in [0.15, 0.2) is 18.2 Å².